The predicted octanol–water partition coefficient (Wildman–Crippen LogP) is 2.49. The molecule has 4 heteroatoms. The summed E-state index contributed by atoms with van der Waals surface area (Å²) in [4.78, 5) is 25.0. The number of H-pyrrole nitrogens is 1. The number of rotatable bonds is 4. The number of hydrogen-bond acceptors (Lipinski definition) is 2. The first-order chi connectivity index (χ1) is 8.95. The van der Waals surface area contributed by atoms with Crippen LogP contribution >= 0.6 is 0 Å². The van der Waals surface area contributed by atoms with Crippen molar-refractivity contribution in [2.75, 3.05) is 0 Å². The lowest BCUT2D eigenvalue weighted by Gasteiger charge is -2.09. The highest BCUT2D eigenvalue weighted by atomic mass is 16.4. The van der Waals surface area contributed by atoms with Gasteiger partial charge in [0, 0.05) is 17.5 Å². The molecular formula is C15H17NO3. The molecule has 1 unspecified atom stereocenters. The molecule has 0 spiro atoms. The number of aryl methyl sites for hydroxylation is 1. The van der Waals surface area contributed by atoms with Gasteiger partial charge in [0.25, 0.3) is 5.56 Å². The van der Waals surface area contributed by atoms with Crippen molar-refractivity contribution in [1.82, 2.24) is 4.98 Å². The second-order valence-corrected chi connectivity index (χ2v) is 5.11. The second kappa shape index (κ2) is 5.26. The largest absolute Gasteiger partial charge is 0.481 e. The first kappa shape index (κ1) is 13.3. The fourth-order valence-electron chi connectivity index (χ4n) is 2.26. The summed E-state index contributed by atoms with van der Waals surface area (Å²) in [6, 6.07) is 7.68. The van der Waals surface area contributed by atoms with Crippen molar-refractivity contribution >= 4 is 16.9 Å². The molecule has 0 amide bonds. The lowest BCUT2D eigenvalue weighted by Crippen LogP contribution is -2.09. The average molecular weight is 259 g/mol. The molecule has 100 valence electrons. The zero-order chi connectivity index (χ0) is 14.0. The maximum Gasteiger partial charge on any atom is 0.303 e. The smallest absolute Gasteiger partial charge is 0.303 e. The van der Waals surface area contributed by atoms with E-state index in [-0.39, 0.29) is 17.9 Å². The Kier molecular flexibility index (Phi) is 3.69. The van der Waals surface area contributed by atoms with Crippen LogP contribution in [0.1, 0.15) is 24.5 Å². The summed E-state index contributed by atoms with van der Waals surface area (Å²) in [7, 11) is 0. The van der Waals surface area contributed by atoms with E-state index in [0.717, 1.165) is 22.9 Å². The Morgan fingerprint density at radius 2 is 2.11 bits per heavy atom. The van der Waals surface area contributed by atoms with Crippen molar-refractivity contribution in [1.29, 1.82) is 0 Å². The minimum atomic E-state index is -0.770. The maximum absolute atomic E-state index is 11.5. The second-order valence-electron chi connectivity index (χ2n) is 5.11. The van der Waals surface area contributed by atoms with Crippen LogP contribution in [0.25, 0.3) is 10.9 Å². The van der Waals surface area contributed by atoms with Gasteiger partial charge in [-0.1, -0.05) is 13.0 Å². The number of nitrogens with one attached hydrogen (secondary N) is 1. The lowest BCUT2D eigenvalue weighted by molar-refractivity contribution is -0.137. The van der Waals surface area contributed by atoms with Crippen LogP contribution in [-0.2, 0) is 11.2 Å². The van der Waals surface area contributed by atoms with Gasteiger partial charge in [0.15, 0.2) is 0 Å². The van der Waals surface area contributed by atoms with Crippen LogP contribution < -0.4 is 5.56 Å². The van der Waals surface area contributed by atoms with Gasteiger partial charge in [0.2, 0.25) is 0 Å². The molecule has 0 saturated carbocycles. The summed E-state index contributed by atoms with van der Waals surface area (Å²) in [5, 5.41) is 9.74. The molecule has 2 aromatic rings. The van der Waals surface area contributed by atoms with Gasteiger partial charge >= 0.3 is 5.97 Å². The number of pyridine rings is 1. The van der Waals surface area contributed by atoms with Crippen LogP contribution in [0, 0.1) is 12.8 Å². The highest BCUT2D eigenvalue weighted by Crippen LogP contribution is 2.17. The van der Waals surface area contributed by atoms with Crippen molar-refractivity contribution in [3.05, 3.63) is 45.7 Å². The van der Waals surface area contributed by atoms with Crippen LogP contribution in [0.2, 0.25) is 0 Å². The van der Waals surface area contributed by atoms with Crippen molar-refractivity contribution < 1.29 is 9.90 Å². The van der Waals surface area contributed by atoms with Gasteiger partial charge in [-0.25, -0.2) is 0 Å². The van der Waals surface area contributed by atoms with Crippen LogP contribution in [0.4, 0.5) is 0 Å². The number of carboxylic acids is 1. The van der Waals surface area contributed by atoms with Crippen LogP contribution in [0.5, 0.6) is 0 Å². The van der Waals surface area contributed by atoms with Crippen molar-refractivity contribution in [3.8, 4) is 0 Å². The summed E-state index contributed by atoms with van der Waals surface area (Å²) in [6.45, 7) is 3.70. The lowest BCUT2D eigenvalue weighted by atomic mass is 9.97. The van der Waals surface area contributed by atoms with E-state index < -0.39 is 5.97 Å². The van der Waals surface area contributed by atoms with Gasteiger partial charge in [-0.2, -0.15) is 0 Å². The minimum absolute atomic E-state index is 0.0699. The molecule has 2 N–H and O–H groups in total. The Hall–Kier alpha value is -2.10. The van der Waals surface area contributed by atoms with Gasteiger partial charge in [-0.3, -0.25) is 9.59 Å². The third kappa shape index (κ3) is 3.22. The van der Waals surface area contributed by atoms with Gasteiger partial charge < -0.3 is 10.1 Å². The zero-order valence-electron chi connectivity index (χ0n) is 11.1. The minimum Gasteiger partial charge on any atom is -0.481 e. The number of aromatic amines is 1. The summed E-state index contributed by atoms with van der Waals surface area (Å²) in [5.41, 5.74) is 2.51. The predicted molar refractivity (Wildman–Crippen MR) is 74.4 cm³/mol. The Bertz CT molecular complexity index is 673. The molecule has 0 aliphatic rings. The van der Waals surface area contributed by atoms with E-state index in [1.807, 2.05) is 31.2 Å². The van der Waals surface area contributed by atoms with Crippen LogP contribution in [0.3, 0.4) is 0 Å². The molecule has 0 aliphatic heterocycles. The number of aliphatic carboxylic acids is 1. The van der Waals surface area contributed by atoms with Crippen molar-refractivity contribution in [2.24, 2.45) is 5.92 Å². The van der Waals surface area contributed by atoms with E-state index in [0.29, 0.717) is 5.56 Å². The molecule has 0 radical (unpaired) electrons. The molecular weight excluding hydrogens is 242 g/mol. The van der Waals surface area contributed by atoms with Gasteiger partial charge in [-0.05, 0) is 48.4 Å². The average Bonchev–Trinajstić information content (AvgIpc) is 2.30. The monoisotopic (exact) mass is 259 g/mol. The first-order valence-electron chi connectivity index (χ1n) is 6.30. The fraction of sp³-hybridized carbons (Fsp3) is 0.333. The molecule has 0 saturated heterocycles. The van der Waals surface area contributed by atoms with Crippen molar-refractivity contribution in [2.45, 2.75) is 26.7 Å². The summed E-state index contributed by atoms with van der Waals surface area (Å²) >= 11 is 0. The number of fused-ring (bicyclic) bond motifs is 1. The number of benzene rings is 1. The molecule has 1 heterocycles. The fourth-order valence-corrected chi connectivity index (χ4v) is 2.26. The summed E-state index contributed by atoms with van der Waals surface area (Å²) in [5.74, 6) is -0.674. The molecule has 0 fully saturated rings. The SMILES string of the molecule is Cc1cc2cc(CC(C)CC(=O)O)ccc2[nH]c1=O. The van der Waals surface area contributed by atoms with Gasteiger partial charge in [0.05, 0.1) is 0 Å². The highest BCUT2D eigenvalue weighted by molar-refractivity contribution is 5.79. The molecule has 0 aliphatic carbocycles. The quantitative estimate of drug-likeness (QED) is 0.886. The van der Waals surface area contributed by atoms with Gasteiger partial charge in [-0.15, -0.1) is 0 Å². The van der Waals surface area contributed by atoms with E-state index in [9.17, 15) is 9.59 Å². The van der Waals surface area contributed by atoms with Gasteiger partial charge in [0.1, 0.15) is 0 Å². The normalized spacial score (nSPS) is 12.5. The number of aromatic nitrogens is 1. The molecule has 1 aromatic carbocycles. The van der Waals surface area contributed by atoms with Crippen LogP contribution in [0.15, 0.2) is 29.1 Å². The maximum atomic E-state index is 11.5. The number of carboxylic acid groups (broad SMARTS) is 1. The standard InChI is InChI=1S/C15H17NO3/c1-9(6-14(17)18)5-11-3-4-13-12(8-11)7-10(2)15(19)16-13/h3-4,7-9H,5-6H2,1-2H3,(H,16,19)(H,17,18). The highest BCUT2D eigenvalue weighted by Gasteiger charge is 2.09. The number of carbonyl (C=O) groups is 1. The van der Waals surface area contributed by atoms with E-state index in [1.54, 1.807) is 6.92 Å². The van der Waals surface area contributed by atoms with Crippen molar-refractivity contribution in [3.63, 3.8) is 0 Å². The summed E-state index contributed by atoms with van der Waals surface area (Å²) < 4.78 is 0. The Morgan fingerprint density at radius 3 is 2.79 bits per heavy atom. The number of hydrogen-bond donors (Lipinski definition) is 2. The molecule has 19 heavy (non-hydrogen) atoms. The Morgan fingerprint density at radius 1 is 1.37 bits per heavy atom. The van der Waals surface area contributed by atoms with E-state index in [2.05, 4.69) is 4.98 Å². The molecule has 1 atom stereocenters. The first-order valence-corrected chi connectivity index (χ1v) is 6.30. The molecule has 4 nitrogen and oxygen atoms in total. The topological polar surface area (TPSA) is 70.2 Å². The van der Waals surface area contributed by atoms with E-state index in [1.165, 1.54) is 0 Å². The third-order valence-corrected chi connectivity index (χ3v) is 3.20. The zero-order valence-corrected chi connectivity index (χ0v) is 11.1. The Balaban J connectivity index is 2.28. The van der Waals surface area contributed by atoms with E-state index >= 15 is 0 Å². The van der Waals surface area contributed by atoms with E-state index in [4.69, 9.17) is 5.11 Å². The summed E-state index contributed by atoms with van der Waals surface area (Å²) in [6.07, 6.45) is 0.892. The third-order valence-electron chi connectivity index (χ3n) is 3.20. The molecule has 2 rings (SSSR count). The Labute approximate surface area is 111 Å². The van der Waals surface area contributed by atoms with Crippen LogP contribution in [-0.4, -0.2) is 16.1 Å². The molecule has 0 bridgehead atoms. The molecule has 1 aromatic heterocycles.